The van der Waals surface area contributed by atoms with Gasteiger partial charge in [0.1, 0.15) is 0 Å². The second-order valence-electron chi connectivity index (χ2n) is 6.61. The normalized spacial score (nSPS) is 10.5. The van der Waals surface area contributed by atoms with Crippen LogP contribution < -0.4 is 9.64 Å². The van der Waals surface area contributed by atoms with Crippen molar-refractivity contribution in [3.05, 3.63) is 81.7 Å². The molecule has 10 heteroatoms. The van der Waals surface area contributed by atoms with Gasteiger partial charge in [0.2, 0.25) is 17.6 Å². The van der Waals surface area contributed by atoms with Crippen LogP contribution in [-0.2, 0) is 11.3 Å². The van der Waals surface area contributed by atoms with Crippen LogP contribution in [0.2, 0.25) is 10.0 Å². The van der Waals surface area contributed by atoms with E-state index < -0.39 is 24.1 Å². The van der Waals surface area contributed by atoms with Crippen molar-refractivity contribution >= 4 is 46.5 Å². The first-order valence-corrected chi connectivity index (χ1v) is 10.0. The largest absolute Gasteiger partial charge is 0.481 e. The van der Waals surface area contributed by atoms with Gasteiger partial charge in [-0.3, -0.25) is 9.59 Å². The van der Waals surface area contributed by atoms with Gasteiger partial charge >= 0.3 is 5.97 Å². The summed E-state index contributed by atoms with van der Waals surface area (Å²) in [5, 5.41) is 9.97. The number of ether oxygens (including phenoxy) is 1. The van der Waals surface area contributed by atoms with Gasteiger partial charge in [0.05, 0.1) is 35.7 Å². The number of carbonyl (C=O) groups excluding carboxylic acids is 2. The van der Waals surface area contributed by atoms with E-state index in [-0.39, 0.29) is 23.8 Å². The van der Waals surface area contributed by atoms with Crippen molar-refractivity contribution in [2.75, 3.05) is 12.0 Å². The van der Waals surface area contributed by atoms with Crippen LogP contribution in [0, 0.1) is 0 Å². The lowest BCUT2D eigenvalue weighted by molar-refractivity contribution is -0.117. The van der Waals surface area contributed by atoms with E-state index in [1.54, 1.807) is 24.3 Å². The van der Waals surface area contributed by atoms with Crippen molar-refractivity contribution in [2.24, 2.45) is 0 Å². The Balaban J connectivity index is 1.92. The maximum atomic E-state index is 13.1. The number of anilines is 1. The van der Waals surface area contributed by atoms with Gasteiger partial charge in [-0.2, -0.15) is 4.98 Å². The molecule has 0 spiro atoms. The molecule has 1 N–H and O–H groups in total. The van der Waals surface area contributed by atoms with E-state index in [4.69, 9.17) is 27.9 Å². The molecule has 164 valence electrons. The van der Waals surface area contributed by atoms with Gasteiger partial charge < -0.3 is 14.7 Å². The standard InChI is InChI=1S/C22H17Cl2N3O5/c1-32-19-7-8-25-21(26-19)18(28)11-20(29)27(12-13-5-6-16(23)17(24)9-13)15-4-2-3-14(10-15)22(30)31/h2-10H,11-12H2,1H3,(H,30,31). The van der Waals surface area contributed by atoms with Crippen LogP contribution >= 0.6 is 23.2 Å². The first kappa shape index (κ1) is 23.2. The Morgan fingerprint density at radius 1 is 1.06 bits per heavy atom. The average Bonchev–Trinajstić information content (AvgIpc) is 2.79. The minimum atomic E-state index is -1.14. The van der Waals surface area contributed by atoms with Crippen LogP contribution in [0.5, 0.6) is 5.88 Å². The molecule has 3 aromatic rings. The Kier molecular flexibility index (Phi) is 7.40. The van der Waals surface area contributed by atoms with E-state index in [0.717, 1.165) is 0 Å². The molecule has 0 unspecified atom stereocenters. The number of hydrogen-bond donors (Lipinski definition) is 1. The van der Waals surface area contributed by atoms with Gasteiger partial charge in [-0.1, -0.05) is 35.3 Å². The number of Topliss-reactive ketones (excluding diaryl/α,β-unsaturated/α-hetero) is 1. The third-order valence-electron chi connectivity index (χ3n) is 4.43. The average molecular weight is 474 g/mol. The van der Waals surface area contributed by atoms with Crippen LogP contribution in [0.1, 0.15) is 33.0 Å². The van der Waals surface area contributed by atoms with Gasteiger partial charge in [-0.15, -0.1) is 0 Å². The quantitative estimate of drug-likeness (QED) is 0.383. The second kappa shape index (κ2) is 10.2. The Hall–Kier alpha value is -3.49. The molecule has 3 rings (SSSR count). The number of rotatable bonds is 8. The summed E-state index contributed by atoms with van der Waals surface area (Å²) in [4.78, 5) is 46.3. The first-order valence-electron chi connectivity index (χ1n) is 9.26. The van der Waals surface area contributed by atoms with Crippen molar-refractivity contribution in [1.82, 2.24) is 9.97 Å². The predicted octanol–water partition coefficient (Wildman–Crippen LogP) is 4.30. The Bertz CT molecular complexity index is 1190. The molecule has 0 aliphatic carbocycles. The zero-order valence-electron chi connectivity index (χ0n) is 16.8. The molecule has 0 aliphatic heterocycles. The third kappa shape index (κ3) is 5.60. The summed E-state index contributed by atoms with van der Waals surface area (Å²) in [6.07, 6.45) is 0.819. The van der Waals surface area contributed by atoms with Crippen LogP contribution in [0.15, 0.2) is 54.7 Å². The van der Waals surface area contributed by atoms with Gasteiger partial charge in [0, 0.05) is 18.0 Å². The van der Waals surface area contributed by atoms with Crippen molar-refractivity contribution < 1.29 is 24.2 Å². The summed E-state index contributed by atoms with van der Waals surface area (Å²) < 4.78 is 4.98. The lowest BCUT2D eigenvalue weighted by atomic mass is 10.1. The SMILES string of the molecule is COc1ccnc(C(=O)CC(=O)N(Cc2ccc(Cl)c(Cl)c2)c2cccc(C(=O)O)c2)n1. The minimum Gasteiger partial charge on any atom is -0.481 e. The van der Waals surface area contributed by atoms with Gasteiger partial charge in [-0.25, -0.2) is 9.78 Å². The van der Waals surface area contributed by atoms with Gasteiger partial charge in [0.15, 0.2) is 5.82 Å². The molecule has 1 heterocycles. The predicted molar refractivity (Wildman–Crippen MR) is 119 cm³/mol. The molecule has 1 aromatic heterocycles. The number of nitrogens with zero attached hydrogens (tertiary/aromatic N) is 3. The number of benzene rings is 2. The van der Waals surface area contributed by atoms with Crippen LogP contribution in [-0.4, -0.2) is 39.8 Å². The fourth-order valence-corrected chi connectivity index (χ4v) is 3.17. The molecule has 0 saturated heterocycles. The summed E-state index contributed by atoms with van der Waals surface area (Å²) in [7, 11) is 1.40. The summed E-state index contributed by atoms with van der Waals surface area (Å²) in [5.74, 6) is -2.30. The number of hydrogen-bond acceptors (Lipinski definition) is 6. The Morgan fingerprint density at radius 2 is 1.84 bits per heavy atom. The number of carboxylic acid groups (broad SMARTS) is 1. The number of aromatic nitrogens is 2. The Morgan fingerprint density at radius 3 is 2.53 bits per heavy atom. The zero-order valence-corrected chi connectivity index (χ0v) is 18.3. The van der Waals surface area contributed by atoms with Gasteiger partial charge in [-0.05, 0) is 35.9 Å². The second-order valence-corrected chi connectivity index (χ2v) is 7.42. The first-order chi connectivity index (χ1) is 15.3. The lowest BCUT2D eigenvalue weighted by Gasteiger charge is -2.23. The number of carboxylic acids is 1. The third-order valence-corrected chi connectivity index (χ3v) is 5.17. The van der Waals surface area contributed by atoms with Crippen LogP contribution in [0.4, 0.5) is 5.69 Å². The number of ketones is 1. The van der Waals surface area contributed by atoms with Crippen molar-refractivity contribution in [2.45, 2.75) is 13.0 Å². The summed E-state index contributed by atoms with van der Waals surface area (Å²) in [6, 6.07) is 12.2. The lowest BCUT2D eigenvalue weighted by Crippen LogP contribution is -2.32. The van der Waals surface area contributed by atoms with E-state index in [2.05, 4.69) is 9.97 Å². The highest BCUT2D eigenvalue weighted by Crippen LogP contribution is 2.26. The molecule has 2 aromatic carbocycles. The molecular formula is C22H17Cl2N3O5. The maximum absolute atomic E-state index is 13.1. The molecule has 0 saturated carbocycles. The monoisotopic (exact) mass is 473 g/mol. The summed E-state index contributed by atoms with van der Waals surface area (Å²) in [6.45, 7) is 0.0328. The number of carbonyl (C=O) groups is 3. The molecule has 32 heavy (non-hydrogen) atoms. The summed E-state index contributed by atoms with van der Waals surface area (Å²) >= 11 is 12.1. The van der Waals surface area contributed by atoms with E-state index in [9.17, 15) is 19.5 Å². The highest BCUT2D eigenvalue weighted by molar-refractivity contribution is 6.42. The molecule has 1 amide bonds. The van der Waals surface area contributed by atoms with Crippen LogP contribution in [0.25, 0.3) is 0 Å². The molecule has 0 atom stereocenters. The Labute approximate surface area is 193 Å². The molecule has 8 nitrogen and oxygen atoms in total. The molecular weight excluding hydrogens is 457 g/mol. The highest BCUT2D eigenvalue weighted by atomic mass is 35.5. The van der Waals surface area contributed by atoms with Crippen molar-refractivity contribution in [1.29, 1.82) is 0 Å². The number of amides is 1. The topological polar surface area (TPSA) is 110 Å². The highest BCUT2D eigenvalue weighted by Gasteiger charge is 2.23. The van der Waals surface area contributed by atoms with E-state index in [1.165, 1.54) is 42.5 Å². The number of aromatic carboxylic acids is 1. The summed E-state index contributed by atoms with van der Waals surface area (Å²) in [5.41, 5.74) is 0.941. The van der Waals surface area contributed by atoms with E-state index >= 15 is 0 Å². The molecule has 0 radical (unpaired) electrons. The van der Waals surface area contributed by atoms with Crippen LogP contribution in [0.3, 0.4) is 0 Å². The number of halogens is 2. The maximum Gasteiger partial charge on any atom is 0.335 e. The van der Waals surface area contributed by atoms with Crippen molar-refractivity contribution in [3.8, 4) is 5.88 Å². The fraction of sp³-hybridized carbons (Fsp3) is 0.136. The van der Waals surface area contributed by atoms with Gasteiger partial charge in [0.25, 0.3) is 0 Å². The zero-order chi connectivity index (χ0) is 23.3. The molecule has 0 aliphatic rings. The minimum absolute atomic E-state index is 0.00288. The fourth-order valence-electron chi connectivity index (χ4n) is 2.85. The molecule has 0 bridgehead atoms. The number of methoxy groups -OCH3 is 1. The van der Waals surface area contributed by atoms with Crippen molar-refractivity contribution in [3.63, 3.8) is 0 Å². The van der Waals surface area contributed by atoms with E-state index in [0.29, 0.717) is 21.3 Å². The smallest absolute Gasteiger partial charge is 0.335 e. The van der Waals surface area contributed by atoms with E-state index in [1.807, 2.05) is 0 Å². The molecule has 0 fully saturated rings.